The van der Waals surface area contributed by atoms with Crippen LogP contribution in [0.4, 0.5) is 11.4 Å². The van der Waals surface area contributed by atoms with Crippen LogP contribution in [0.3, 0.4) is 0 Å². The average Bonchev–Trinajstić information content (AvgIpc) is 2.24. The summed E-state index contributed by atoms with van der Waals surface area (Å²) in [6.45, 7) is 7.55. The Hall–Kier alpha value is -1.22. The lowest BCUT2D eigenvalue weighted by atomic mass is 10.1. The number of anilines is 2. The van der Waals surface area contributed by atoms with Crippen molar-refractivity contribution >= 4 is 11.4 Å². The zero-order valence-electron chi connectivity index (χ0n) is 9.66. The summed E-state index contributed by atoms with van der Waals surface area (Å²) in [6.07, 6.45) is 0.971. The van der Waals surface area contributed by atoms with Gasteiger partial charge in [0.1, 0.15) is 0 Å². The zero-order valence-corrected chi connectivity index (χ0v) is 9.66. The molecule has 1 rings (SSSR count). The van der Waals surface area contributed by atoms with Gasteiger partial charge in [0.2, 0.25) is 0 Å². The first-order valence-corrected chi connectivity index (χ1v) is 5.53. The summed E-state index contributed by atoms with van der Waals surface area (Å²) in [7, 11) is 0. The van der Waals surface area contributed by atoms with E-state index < -0.39 is 0 Å². The quantitative estimate of drug-likeness (QED) is 0.723. The van der Waals surface area contributed by atoms with Crippen LogP contribution < -0.4 is 11.5 Å². The number of hydrogen-bond donors (Lipinski definition) is 2. The summed E-state index contributed by atoms with van der Waals surface area (Å²) in [5.41, 5.74) is 14.4. The van der Waals surface area contributed by atoms with Crippen molar-refractivity contribution in [1.82, 2.24) is 4.90 Å². The average molecular weight is 207 g/mol. The molecule has 0 radical (unpaired) electrons. The summed E-state index contributed by atoms with van der Waals surface area (Å²) in [5.74, 6) is 0. The Morgan fingerprint density at radius 1 is 1.13 bits per heavy atom. The minimum Gasteiger partial charge on any atom is -0.399 e. The molecule has 0 bridgehead atoms. The van der Waals surface area contributed by atoms with Crippen LogP contribution in [-0.4, -0.2) is 24.5 Å². The smallest absolute Gasteiger partial charge is 0.0348 e. The van der Waals surface area contributed by atoms with Gasteiger partial charge < -0.3 is 16.4 Å². The highest BCUT2D eigenvalue weighted by Crippen LogP contribution is 2.16. The van der Waals surface area contributed by atoms with Crippen molar-refractivity contribution in [2.75, 3.05) is 31.1 Å². The second kappa shape index (κ2) is 5.61. The van der Waals surface area contributed by atoms with Crippen LogP contribution in [0.25, 0.3) is 0 Å². The van der Waals surface area contributed by atoms with Crippen LogP contribution in [0.1, 0.15) is 19.4 Å². The largest absolute Gasteiger partial charge is 0.399 e. The van der Waals surface area contributed by atoms with Gasteiger partial charge in [0.15, 0.2) is 0 Å². The Morgan fingerprint density at radius 3 is 2.40 bits per heavy atom. The highest BCUT2D eigenvalue weighted by molar-refractivity contribution is 5.55. The molecule has 1 aromatic carbocycles. The molecule has 0 heterocycles. The Labute approximate surface area is 92.1 Å². The Kier molecular flexibility index (Phi) is 4.43. The van der Waals surface area contributed by atoms with Gasteiger partial charge >= 0.3 is 0 Å². The third-order valence-corrected chi connectivity index (χ3v) is 2.76. The summed E-state index contributed by atoms with van der Waals surface area (Å²) in [5, 5.41) is 0. The standard InChI is InChI=1S/C12H21N3/c1-3-15(4-2)8-7-10-9-11(13)5-6-12(10)14/h5-6,9H,3-4,7-8,13-14H2,1-2H3. The fourth-order valence-electron chi connectivity index (χ4n) is 1.66. The molecule has 0 aliphatic rings. The lowest BCUT2D eigenvalue weighted by Gasteiger charge is -2.18. The Balaban J connectivity index is 2.60. The zero-order chi connectivity index (χ0) is 11.3. The lowest BCUT2D eigenvalue weighted by molar-refractivity contribution is 0.308. The van der Waals surface area contributed by atoms with Crippen molar-refractivity contribution in [2.45, 2.75) is 20.3 Å². The van der Waals surface area contributed by atoms with E-state index in [0.717, 1.165) is 43.0 Å². The van der Waals surface area contributed by atoms with Crippen LogP contribution in [-0.2, 0) is 6.42 Å². The molecule has 0 saturated carbocycles. The first kappa shape index (κ1) is 11.9. The van der Waals surface area contributed by atoms with Crippen LogP contribution in [0, 0.1) is 0 Å². The normalized spacial score (nSPS) is 10.9. The van der Waals surface area contributed by atoms with E-state index in [-0.39, 0.29) is 0 Å². The molecule has 4 N–H and O–H groups in total. The maximum atomic E-state index is 5.88. The summed E-state index contributed by atoms with van der Waals surface area (Å²) in [6, 6.07) is 5.70. The van der Waals surface area contributed by atoms with Crippen molar-refractivity contribution < 1.29 is 0 Å². The van der Waals surface area contributed by atoms with Crippen LogP contribution >= 0.6 is 0 Å². The molecule has 3 nitrogen and oxygen atoms in total. The highest BCUT2D eigenvalue weighted by atomic mass is 15.1. The fourth-order valence-corrected chi connectivity index (χ4v) is 1.66. The number of nitrogens with zero attached hydrogens (tertiary/aromatic N) is 1. The molecule has 0 amide bonds. The van der Waals surface area contributed by atoms with Crippen molar-refractivity contribution in [2.24, 2.45) is 0 Å². The summed E-state index contributed by atoms with van der Waals surface area (Å²) in [4.78, 5) is 2.38. The van der Waals surface area contributed by atoms with Gasteiger partial charge in [-0.25, -0.2) is 0 Å². The van der Waals surface area contributed by atoms with Gasteiger partial charge in [0, 0.05) is 17.9 Å². The van der Waals surface area contributed by atoms with Crippen molar-refractivity contribution in [1.29, 1.82) is 0 Å². The van der Waals surface area contributed by atoms with Crippen LogP contribution in [0.5, 0.6) is 0 Å². The minimum absolute atomic E-state index is 0.791. The molecule has 0 spiro atoms. The van der Waals surface area contributed by atoms with E-state index in [4.69, 9.17) is 11.5 Å². The molecular formula is C12H21N3. The molecule has 84 valence electrons. The van der Waals surface area contributed by atoms with E-state index in [2.05, 4.69) is 18.7 Å². The van der Waals surface area contributed by atoms with Gasteiger partial charge in [-0.1, -0.05) is 13.8 Å². The van der Waals surface area contributed by atoms with E-state index in [1.807, 2.05) is 18.2 Å². The third-order valence-electron chi connectivity index (χ3n) is 2.76. The maximum absolute atomic E-state index is 5.88. The SMILES string of the molecule is CCN(CC)CCc1cc(N)ccc1N. The molecule has 0 atom stereocenters. The topological polar surface area (TPSA) is 55.3 Å². The predicted molar refractivity (Wildman–Crippen MR) is 66.8 cm³/mol. The minimum atomic E-state index is 0.791. The molecule has 0 saturated heterocycles. The van der Waals surface area contributed by atoms with Gasteiger partial charge in [-0.15, -0.1) is 0 Å². The summed E-state index contributed by atoms with van der Waals surface area (Å²) >= 11 is 0. The molecule has 0 aliphatic carbocycles. The molecule has 0 aliphatic heterocycles. The molecule has 3 heteroatoms. The van der Waals surface area contributed by atoms with Crippen molar-refractivity contribution in [3.63, 3.8) is 0 Å². The van der Waals surface area contributed by atoms with Gasteiger partial charge in [-0.3, -0.25) is 0 Å². The van der Waals surface area contributed by atoms with Gasteiger partial charge in [-0.05, 0) is 43.3 Å². The number of nitrogens with two attached hydrogens (primary N) is 2. The maximum Gasteiger partial charge on any atom is 0.0348 e. The van der Waals surface area contributed by atoms with Gasteiger partial charge in [0.05, 0.1) is 0 Å². The highest BCUT2D eigenvalue weighted by Gasteiger charge is 2.03. The van der Waals surface area contributed by atoms with Gasteiger partial charge in [0.25, 0.3) is 0 Å². The molecule has 0 aromatic heterocycles. The molecule has 15 heavy (non-hydrogen) atoms. The van der Waals surface area contributed by atoms with E-state index >= 15 is 0 Å². The first-order chi connectivity index (χ1) is 7.17. The van der Waals surface area contributed by atoms with Crippen molar-refractivity contribution in [3.05, 3.63) is 23.8 Å². The Bertz CT molecular complexity index is 306. The molecule has 1 aromatic rings. The van der Waals surface area contributed by atoms with Crippen molar-refractivity contribution in [3.8, 4) is 0 Å². The number of nitrogen functional groups attached to an aromatic ring is 2. The number of likely N-dealkylation sites (N-methyl/N-ethyl adjacent to an activating group) is 1. The number of rotatable bonds is 5. The van der Waals surface area contributed by atoms with Gasteiger partial charge in [-0.2, -0.15) is 0 Å². The predicted octanol–water partition coefficient (Wildman–Crippen LogP) is 1.74. The Morgan fingerprint density at radius 2 is 1.80 bits per heavy atom. The first-order valence-electron chi connectivity index (χ1n) is 5.53. The van der Waals surface area contributed by atoms with E-state index in [9.17, 15) is 0 Å². The fraction of sp³-hybridized carbons (Fsp3) is 0.500. The molecule has 0 fully saturated rings. The molecule has 0 unspecified atom stereocenters. The summed E-state index contributed by atoms with van der Waals surface area (Å²) < 4.78 is 0. The lowest BCUT2D eigenvalue weighted by Crippen LogP contribution is -2.25. The van der Waals surface area contributed by atoms with Crippen LogP contribution in [0.2, 0.25) is 0 Å². The van der Waals surface area contributed by atoms with Crippen LogP contribution in [0.15, 0.2) is 18.2 Å². The third kappa shape index (κ3) is 3.44. The van der Waals surface area contributed by atoms with E-state index in [0.29, 0.717) is 0 Å². The van der Waals surface area contributed by atoms with E-state index in [1.165, 1.54) is 0 Å². The monoisotopic (exact) mass is 207 g/mol. The molecular weight excluding hydrogens is 186 g/mol. The number of hydrogen-bond acceptors (Lipinski definition) is 3. The van der Waals surface area contributed by atoms with E-state index in [1.54, 1.807) is 0 Å². The second-order valence-electron chi connectivity index (χ2n) is 3.74. The number of benzene rings is 1. The second-order valence-corrected chi connectivity index (χ2v) is 3.74.